The third-order valence-corrected chi connectivity index (χ3v) is 19.6. The summed E-state index contributed by atoms with van der Waals surface area (Å²) in [5.41, 5.74) is 13.6. The molecular formula is C86H64N6O6. The van der Waals surface area contributed by atoms with Crippen LogP contribution in [0.2, 0.25) is 0 Å². The lowest BCUT2D eigenvalue weighted by Gasteiger charge is -2.31. The smallest absolute Gasteiger partial charge is 0.261 e. The van der Waals surface area contributed by atoms with Gasteiger partial charge in [-0.25, -0.2) is 0 Å². The minimum atomic E-state index is -0.368. The summed E-state index contributed by atoms with van der Waals surface area (Å²) in [5, 5.41) is 25.0. The number of aromatic nitrogens is 2. The summed E-state index contributed by atoms with van der Waals surface area (Å²) in [7, 11) is 0. The minimum Gasteiger partial charge on any atom is -0.494 e. The van der Waals surface area contributed by atoms with E-state index >= 15 is 19.2 Å². The molecule has 0 radical (unpaired) electrons. The molecule has 0 atom stereocenters. The summed E-state index contributed by atoms with van der Waals surface area (Å²) in [6, 6.07) is 83.9. The lowest BCUT2D eigenvalue weighted by Crippen LogP contribution is -2.41. The molecule has 16 rings (SSSR count). The van der Waals surface area contributed by atoms with Crippen molar-refractivity contribution in [2.24, 2.45) is 0 Å². The first kappa shape index (κ1) is 60.6. The lowest BCUT2D eigenvalue weighted by molar-refractivity contribution is 0.0592. The van der Waals surface area contributed by atoms with Gasteiger partial charge in [0.1, 0.15) is 11.5 Å². The van der Waals surface area contributed by atoms with E-state index in [4.69, 9.17) is 9.47 Å². The Morgan fingerprint density at radius 3 is 0.959 bits per heavy atom. The quantitative estimate of drug-likeness (QED) is 0.0510. The van der Waals surface area contributed by atoms with Crippen LogP contribution in [-0.2, 0) is 0 Å². The van der Waals surface area contributed by atoms with Gasteiger partial charge in [-0.05, 0) is 156 Å². The zero-order valence-electron chi connectivity index (χ0n) is 53.7. The van der Waals surface area contributed by atoms with Crippen LogP contribution in [0.5, 0.6) is 11.5 Å². The van der Waals surface area contributed by atoms with Crippen LogP contribution in [-0.4, -0.2) is 68.9 Å². The molecule has 0 aliphatic carbocycles. The average molecular weight is 1280 g/mol. The number of nitrogens with zero attached hydrogens (tertiary/aromatic N) is 6. The van der Waals surface area contributed by atoms with Crippen molar-refractivity contribution in [2.45, 2.75) is 51.4 Å². The van der Waals surface area contributed by atoms with Gasteiger partial charge in [-0.3, -0.25) is 29.0 Å². The Kier molecular flexibility index (Phi) is 15.9. The monoisotopic (exact) mass is 1280 g/mol. The van der Waals surface area contributed by atoms with Crippen LogP contribution in [0.25, 0.3) is 110 Å². The van der Waals surface area contributed by atoms with Gasteiger partial charge in [0, 0.05) is 67.7 Å². The van der Waals surface area contributed by atoms with E-state index in [1.807, 2.05) is 194 Å². The van der Waals surface area contributed by atoms with E-state index in [0.717, 1.165) is 127 Å². The fourth-order valence-corrected chi connectivity index (χ4v) is 14.8. The Hall–Kier alpha value is -12.4. The molecule has 12 aromatic carbocycles. The second-order valence-corrected chi connectivity index (χ2v) is 25.3. The molecule has 14 aromatic rings. The van der Waals surface area contributed by atoms with Gasteiger partial charge < -0.3 is 18.6 Å². The molecule has 4 amide bonds. The number of benzene rings is 12. The molecule has 474 valence electrons. The van der Waals surface area contributed by atoms with Gasteiger partial charge in [0.05, 0.1) is 81.0 Å². The van der Waals surface area contributed by atoms with Gasteiger partial charge in [-0.1, -0.05) is 171 Å². The summed E-state index contributed by atoms with van der Waals surface area (Å²) < 4.78 is 16.8. The van der Waals surface area contributed by atoms with E-state index in [2.05, 4.69) is 69.8 Å². The average Bonchev–Trinajstić information content (AvgIpc) is 0.979. The van der Waals surface area contributed by atoms with Crippen LogP contribution < -0.4 is 9.47 Å². The van der Waals surface area contributed by atoms with Crippen LogP contribution in [0.3, 0.4) is 0 Å². The number of rotatable bonds is 21. The van der Waals surface area contributed by atoms with Crippen LogP contribution >= 0.6 is 0 Å². The highest BCUT2D eigenvalue weighted by atomic mass is 16.5. The van der Waals surface area contributed by atoms with Crippen molar-refractivity contribution in [2.75, 3.05) is 26.3 Å². The summed E-state index contributed by atoms with van der Waals surface area (Å²) in [6.07, 6.45) is 6.02. The maximum atomic E-state index is 15.6. The first-order valence-electron chi connectivity index (χ1n) is 33.6. The highest BCUT2D eigenvalue weighted by Gasteiger charge is 2.39. The molecule has 0 fully saturated rings. The van der Waals surface area contributed by atoms with Crippen LogP contribution in [0, 0.1) is 22.7 Å². The van der Waals surface area contributed by atoms with Gasteiger partial charge in [0.25, 0.3) is 23.6 Å². The number of fused-ring (bicyclic) bond motifs is 6. The normalized spacial score (nSPS) is 12.8. The Morgan fingerprint density at radius 1 is 0.306 bits per heavy atom. The molecule has 0 bridgehead atoms. The molecule has 0 N–H and O–H groups in total. The Balaban J connectivity index is 0.743. The second-order valence-electron chi connectivity index (χ2n) is 25.3. The van der Waals surface area contributed by atoms with Crippen molar-refractivity contribution in [3.8, 4) is 68.4 Å². The number of hydrogen-bond donors (Lipinski definition) is 0. The number of unbranched alkanes of at least 4 members (excludes halogenated alkanes) is 6. The molecule has 12 nitrogen and oxygen atoms in total. The molecule has 12 heteroatoms. The number of ether oxygens (including phenoxy) is 2. The molecule has 2 aliphatic heterocycles. The van der Waals surface area contributed by atoms with Crippen LogP contribution in [0.1, 0.15) is 104 Å². The summed E-state index contributed by atoms with van der Waals surface area (Å²) in [5.74, 6) is 0.0884. The maximum Gasteiger partial charge on any atom is 0.261 e. The molecule has 98 heavy (non-hydrogen) atoms. The molecule has 2 aromatic heterocycles. The number of hydrogen-bond acceptors (Lipinski definition) is 8. The SMILES string of the molecule is N#Cc1ccc(-c2ccc(OCCCCCCN3C(=O)c4cccc5c(-c6c(-n7c8ccccc8c8ccccc87)cc7c8c(cccc68)C(=O)N(CCCCCCOc6ccc(-c8ccc(C#N)cc8)cc6)C7=O)c(-n6c7ccccc7c7ccccc76)cc(c45)C3=O)cc2)cc1. The Labute approximate surface area is 565 Å². The summed E-state index contributed by atoms with van der Waals surface area (Å²) >= 11 is 0. The van der Waals surface area contributed by atoms with Crippen LogP contribution in [0.4, 0.5) is 0 Å². The van der Waals surface area contributed by atoms with E-state index in [9.17, 15) is 10.5 Å². The fourth-order valence-electron chi connectivity index (χ4n) is 14.8. The van der Waals surface area contributed by atoms with Gasteiger partial charge in [-0.15, -0.1) is 0 Å². The van der Waals surface area contributed by atoms with Gasteiger partial charge >= 0.3 is 0 Å². The largest absolute Gasteiger partial charge is 0.494 e. The third-order valence-electron chi connectivity index (χ3n) is 19.6. The Bertz CT molecular complexity index is 5180. The molecule has 2 aliphatic rings. The number of amides is 4. The first-order chi connectivity index (χ1) is 48.2. The third kappa shape index (κ3) is 10.6. The van der Waals surface area contributed by atoms with Gasteiger partial charge in [0.2, 0.25) is 0 Å². The highest BCUT2D eigenvalue weighted by Crippen LogP contribution is 2.51. The topological polar surface area (TPSA) is 151 Å². The van der Waals surface area contributed by atoms with Crippen LogP contribution in [0.15, 0.2) is 243 Å². The van der Waals surface area contributed by atoms with Crippen molar-refractivity contribution < 1.29 is 28.7 Å². The lowest BCUT2D eigenvalue weighted by atomic mass is 9.83. The molecule has 0 saturated carbocycles. The second kappa shape index (κ2) is 25.7. The number of imide groups is 2. The van der Waals surface area contributed by atoms with E-state index in [1.54, 1.807) is 0 Å². The first-order valence-corrected chi connectivity index (χ1v) is 33.6. The van der Waals surface area contributed by atoms with E-state index in [1.165, 1.54) is 9.80 Å². The number of nitriles is 2. The number of carbonyl (C=O) groups is 4. The molecule has 0 saturated heterocycles. The zero-order chi connectivity index (χ0) is 66.4. The zero-order valence-corrected chi connectivity index (χ0v) is 53.7. The van der Waals surface area contributed by atoms with Crippen molar-refractivity contribution >= 4 is 88.8 Å². The molecule has 4 heterocycles. The number of para-hydroxylation sites is 4. The predicted molar refractivity (Wildman–Crippen MR) is 387 cm³/mol. The fraction of sp³-hybridized carbons (Fsp3) is 0.140. The van der Waals surface area contributed by atoms with Crippen molar-refractivity contribution in [3.63, 3.8) is 0 Å². The molecular weight excluding hydrogens is 1210 g/mol. The highest BCUT2D eigenvalue weighted by molar-refractivity contribution is 6.32. The minimum absolute atomic E-state index is 0.234. The Morgan fingerprint density at radius 2 is 0.612 bits per heavy atom. The van der Waals surface area contributed by atoms with E-state index in [0.29, 0.717) is 92.4 Å². The predicted octanol–water partition coefficient (Wildman–Crippen LogP) is 19.4. The van der Waals surface area contributed by atoms with E-state index < -0.39 is 0 Å². The summed E-state index contributed by atoms with van der Waals surface area (Å²) in [4.78, 5) is 64.5. The van der Waals surface area contributed by atoms with Crippen molar-refractivity contribution in [1.82, 2.24) is 18.9 Å². The van der Waals surface area contributed by atoms with Crippen molar-refractivity contribution in [3.05, 3.63) is 276 Å². The van der Waals surface area contributed by atoms with Gasteiger partial charge in [-0.2, -0.15) is 10.5 Å². The summed E-state index contributed by atoms with van der Waals surface area (Å²) in [6.45, 7) is 1.51. The number of carbonyl (C=O) groups excluding carboxylic acids is 4. The van der Waals surface area contributed by atoms with Crippen molar-refractivity contribution in [1.29, 1.82) is 10.5 Å². The standard InChI is InChI=1S/C86H64N6O6/c87-53-55-31-35-57(36-32-55)59-39-43-61(44-40-59)97-49-15-3-1-13-47-89-83(93)69-25-17-23-67-79(69)71(85(89)95)51-77(91-73-27-9-5-19-63(73)64-20-6-10-28-74(64)91)81(67)82-68-24-18-26-70-80(68)72(52-78(82)92-75-29-11-7-21-65(75)66-22-8-12-30-76(66)92)86(96)90(84(70)94)48-14-2-4-16-50-98-62-45-41-60(42-46-62)58-37-33-56(54-88)34-38-58/h5-12,17-46,51-52H,1-4,13-16,47-50H2. The maximum absolute atomic E-state index is 15.6. The molecule has 0 unspecified atom stereocenters. The van der Waals surface area contributed by atoms with E-state index in [-0.39, 0.29) is 36.7 Å². The van der Waals surface area contributed by atoms with Gasteiger partial charge in [0.15, 0.2) is 0 Å². The molecule has 0 spiro atoms.